The quantitative estimate of drug-likeness (QED) is 0.791. The molecule has 0 fully saturated rings. The van der Waals surface area contributed by atoms with Crippen LogP contribution in [0.4, 0.5) is 10.2 Å². The van der Waals surface area contributed by atoms with Crippen LogP contribution < -0.4 is 5.73 Å². The molecule has 1 aromatic carbocycles. The van der Waals surface area contributed by atoms with Crippen LogP contribution in [-0.2, 0) is 0 Å². The topological polar surface area (TPSA) is 51.8 Å². The lowest BCUT2D eigenvalue weighted by Crippen LogP contribution is -1.91. The summed E-state index contributed by atoms with van der Waals surface area (Å²) < 4.78 is 12.6. The minimum Gasteiger partial charge on any atom is -0.384 e. The van der Waals surface area contributed by atoms with Crippen LogP contribution >= 0.6 is 11.8 Å². The molecule has 76 valence electrons. The summed E-state index contributed by atoms with van der Waals surface area (Å²) in [5.74, 6) is 0.177. The average Bonchev–Trinajstić information content (AvgIpc) is 2.22. The van der Waals surface area contributed by atoms with E-state index in [0.717, 1.165) is 9.92 Å². The first-order valence-corrected chi connectivity index (χ1v) is 5.06. The summed E-state index contributed by atoms with van der Waals surface area (Å²) in [5.41, 5.74) is 5.51. The Kier molecular flexibility index (Phi) is 2.82. The van der Waals surface area contributed by atoms with Crippen LogP contribution in [0.3, 0.4) is 0 Å². The van der Waals surface area contributed by atoms with Crippen molar-refractivity contribution < 1.29 is 4.39 Å². The van der Waals surface area contributed by atoms with Gasteiger partial charge in [-0.3, -0.25) is 0 Å². The van der Waals surface area contributed by atoms with Gasteiger partial charge in [0.25, 0.3) is 0 Å². The summed E-state index contributed by atoms with van der Waals surface area (Å²) in [7, 11) is 0. The van der Waals surface area contributed by atoms with Crippen molar-refractivity contribution in [3.63, 3.8) is 0 Å². The Bertz CT molecular complexity index is 458. The Hall–Kier alpha value is -1.62. The minimum atomic E-state index is -0.249. The molecule has 2 rings (SSSR count). The second-order valence-corrected chi connectivity index (χ2v) is 3.93. The average molecular weight is 221 g/mol. The number of benzene rings is 1. The van der Waals surface area contributed by atoms with Crippen LogP contribution in [0.25, 0.3) is 0 Å². The minimum absolute atomic E-state index is 0.249. The molecule has 0 aliphatic rings. The Morgan fingerprint density at radius 1 is 1.13 bits per heavy atom. The third-order valence-corrected chi connectivity index (χ3v) is 2.64. The molecule has 3 nitrogen and oxygen atoms in total. The van der Waals surface area contributed by atoms with E-state index >= 15 is 0 Å². The van der Waals surface area contributed by atoms with Gasteiger partial charge in [-0.2, -0.15) is 0 Å². The zero-order valence-corrected chi connectivity index (χ0v) is 8.54. The number of rotatable bonds is 2. The molecule has 15 heavy (non-hydrogen) atoms. The second-order valence-electron chi connectivity index (χ2n) is 2.84. The Balaban J connectivity index is 2.18. The van der Waals surface area contributed by atoms with Gasteiger partial charge < -0.3 is 5.73 Å². The first-order chi connectivity index (χ1) is 7.24. The molecule has 2 aromatic rings. The third kappa shape index (κ3) is 2.66. The number of hydrogen-bond donors (Lipinski definition) is 1. The Morgan fingerprint density at radius 3 is 2.53 bits per heavy atom. The summed E-state index contributed by atoms with van der Waals surface area (Å²) in [4.78, 5) is 8.74. The SMILES string of the molecule is Nc1cc(Sc2ccc(F)cc2)ncn1. The van der Waals surface area contributed by atoms with Gasteiger partial charge in [0.15, 0.2) is 0 Å². The number of aromatic nitrogens is 2. The van der Waals surface area contributed by atoms with Gasteiger partial charge in [0.05, 0.1) is 0 Å². The molecule has 1 heterocycles. The fourth-order valence-corrected chi connectivity index (χ4v) is 1.83. The lowest BCUT2D eigenvalue weighted by Gasteiger charge is -2.00. The maximum atomic E-state index is 12.6. The molecule has 0 amide bonds. The van der Waals surface area contributed by atoms with E-state index in [2.05, 4.69) is 9.97 Å². The lowest BCUT2D eigenvalue weighted by atomic mass is 10.4. The fourth-order valence-electron chi connectivity index (χ4n) is 1.03. The summed E-state index contributed by atoms with van der Waals surface area (Å²) in [6, 6.07) is 7.88. The number of anilines is 1. The zero-order chi connectivity index (χ0) is 10.7. The predicted octanol–water partition coefficient (Wildman–Crippen LogP) is 2.35. The number of nitrogens with two attached hydrogens (primary N) is 1. The first-order valence-electron chi connectivity index (χ1n) is 4.25. The molecule has 5 heteroatoms. The standard InChI is InChI=1S/C10H8FN3S/c11-7-1-3-8(4-2-7)15-10-5-9(12)13-6-14-10/h1-6H,(H2,12,13,14). The second kappa shape index (κ2) is 4.27. The van der Waals surface area contributed by atoms with Crippen molar-refractivity contribution in [1.29, 1.82) is 0 Å². The molecular weight excluding hydrogens is 213 g/mol. The first kappa shape index (κ1) is 9.92. The van der Waals surface area contributed by atoms with Gasteiger partial charge in [-0.25, -0.2) is 14.4 Å². The molecule has 0 aliphatic carbocycles. The third-order valence-electron chi connectivity index (χ3n) is 1.70. The molecule has 0 spiro atoms. The van der Waals surface area contributed by atoms with E-state index in [4.69, 9.17) is 5.73 Å². The summed E-state index contributed by atoms with van der Waals surface area (Å²) in [6.45, 7) is 0. The fraction of sp³-hybridized carbons (Fsp3) is 0. The van der Waals surface area contributed by atoms with Crippen LogP contribution in [0.15, 0.2) is 46.6 Å². The number of halogens is 1. The molecule has 0 unspecified atom stereocenters. The summed E-state index contributed by atoms with van der Waals surface area (Å²) >= 11 is 1.41. The highest BCUT2D eigenvalue weighted by Gasteiger charge is 1.99. The van der Waals surface area contributed by atoms with Crippen molar-refractivity contribution in [3.8, 4) is 0 Å². The van der Waals surface area contributed by atoms with Crippen molar-refractivity contribution in [1.82, 2.24) is 9.97 Å². The normalized spacial score (nSPS) is 10.2. The van der Waals surface area contributed by atoms with Gasteiger partial charge in [-0.05, 0) is 24.3 Å². The monoisotopic (exact) mass is 221 g/mol. The molecule has 2 N–H and O–H groups in total. The van der Waals surface area contributed by atoms with Gasteiger partial charge in [0.2, 0.25) is 0 Å². The van der Waals surface area contributed by atoms with E-state index in [-0.39, 0.29) is 5.82 Å². The van der Waals surface area contributed by atoms with Crippen LogP contribution in [0.2, 0.25) is 0 Å². The van der Waals surface area contributed by atoms with Gasteiger partial charge >= 0.3 is 0 Å². The molecule has 1 aromatic heterocycles. The molecular formula is C10H8FN3S. The molecule has 0 radical (unpaired) electrons. The Labute approximate surface area is 90.6 Å². The maximum Gasteiger partial charge on any atom is 0.127 e. The highest BCUT2D eigenvalue weighted by atomic mass is 32.2. The largest absolute Gasteiger partial charge is 0.384 e. The number of nitrogen functional groups attached to an aromatic ring is 1. The number of nitrogens with zero attached hydrogens (tertiary/aromatic N) is 2. The van der Waals surface area contributed by atoms with Crippen molar-refractivity contribution >= 4 is 17.6 Å². The number of hydrogen-bond acceptors (Lipinski definition) is 4. The van der Waals surface area contributed by atoms with E-state index < -0.39 is 0 Å². The summed E-state index contributed by atoms with van der Waals surface area (Å²) in [5, 5.41) is 0.745. The van der Waals surface area contributed by atoms with E-state index in [1.54, 1.807) is 18.2 Å². The summed E-state index contributed by atoms with van der Waals surface area (Å²) in [6.07, 6.45) is 1.40. The molecule has 0 atom stereocenters. The molecule has 0 saturated heterocycles. The van der Waals surface area contributed by atoms with Crippen LogP contribution in [0.1, 0.15) is 0 Å². The zero-order valence-electron chi connectivity index (χ0n) is 7.72. The Morgan fingerprint density at radius 2 is 1.87 bits per heavy atom. The molecule has 0 saturated carbocycles. The van der Waals surface area contributed by atoms with Crippen molar-refractivity contribution in [2.24, 2.45) is 0 Å². The van der Waals surface area contributed by atoms with Gasteiger partial charge in [0, 0.05) is 11.0 Å². The van der Waals surface area contributed by atoms with Crippen LogP contribution in [-0.4, -0.2) is 9.97 Å². The molecule has 0 aliphatic heterocycles. The van der Waals surface area contributed by atoms with E-state index in [9.17, 15) is 4.39 Å². The predicted molar refractivity (Wildman–Crippen MR) is 57.0 cm³/mol. The van der Waals surface area contributed by atoms with Crippen molar-refractivity contribution in [2.45, 2.75) is 9.92 Å². The van der Waals surface area contributed by atoms with Gasteiger partial charge in [-0.15, -0.1) is 0 Å². The van der Waals surface area contributed by atoms with Crippen LogP contribution in [0.5, 0.6) is 0 Å². The lowest BCUT2D eigenvalue weighted by molar-refractivity contribution is 0.626. The van der Waals surface area contributed by atoms with Crippen molar-refractivity contribution in [3.05, 3.63) is 42.5 Å². The highest BCUT2D eigenvalue weighted by molar-refractivity contribution is 7.99. The molecule has 0 bridgehead atoms. The van der Waals surface area contributed by atoms with E-state index in [1.165, 1.54) is 30.2 Å². The maximum absolute atomic E-state index is 12.6. The smallest absolute Gasteiger partial charge is 0.127 e. The van der Waals surface area contributed by atoms with E-state index in [0.29, 0.717) is 5.82 Å². The van der Waals surface area contributed by atoms with Crippen LogP contribution in [0, 0.1) is 5.82 Å². The van der Waals surface area contributed by atoms with E-state index in [1.807, 2.05) is 0 Å². The van der Waals surface area contributed by atoms with Crippen molar-refractivity contribution in [2.75, 3.05) is 5.73 Å². The van der Waals surface area contributed by atoms with Gasteiger partial charge in [0.1, 0.15) is 23.0 Å². The van der Waals surface area contributed by atoms with Gasteiger partial charge in [-0.1, -0.05) is 11.8 Å². The highest BCUT2D eigenvalue weighted by Crippen LogP contribution is 2.26.